The van der Waals surface area contributed by atoms with Crippen LogP contribution in [0.1, 0.15) is 16.1 Å². The van der Waals surface area contributed by atoms with E-state index in [2.05, 4.69) is 14.8 Å². The van der Waals surface area contributed by atoms with E-state index in [4.69, 9.17) is 32.7 Å². The maximum Gasteiger partial charge on any atom is 0.277 e. The second kappa shape index (κ2) is 8.60. The Hall–Kier alpha value is -2.29. The van der Waals surface area contributed by atoms with Crippen molar-refractivity contribution in [3.05, 3.63) is 51.2 Å². The molecule has 0 unspecified atom stereocenters. The summed E-state index contributed by atoms with van der Waals surface area (Å²) in [5, 5.41) is 7.11. The van der Waals surface area contributed by atoms with Gasteiger partial charge in [-0.15, -0.1) is 0 Å². The molecule has 0 saturated carbocycles. The first-order chi connectivity index (χ1) is 13.0. The van der Waals surface area contributed by atoms with Crippen molar-refractivity contribution in [2.24, 2.45) is 0 Å². The van der Waals surface area contributed by atoms with Crippen LogP contribution in [-0.4, -0.2) is 34.3 Å². The Balaban J connectivity index is 1.61. The lowest BCUT2D eigenvalue weighted by molar-refractivity contribution is 0.102. The van der Waals surface area contributed by atoms with E-state index in [0.29, 0.717) is 23.7 Å². The minimum absolute atomic E-state index is 0.102. The van der Waals surface area contributed by atoms with E-state index < -0.39 is 5.91 Å². The van der Waals surface area contributed by atoms with E-state index >= 15 is 0 Å². The average Bonchev–Trinajstić information content (AvgIpc) is 3.26. The number of nitrogens with zero attached hydrogens (tertiary/aromatic N) is 3. The zero-order valence-electron chi connectivity index (χ0n) is 14.5. The van der Waals surface area contributed by atoms with Crippen LogP contribution in [0.25, 0.3) is 0 Å². The van der Waals surface area contributed by atoms with Crippen molar-refractivity contribution in [3.8, 4) is 11.5 Å². The van der Waals surface area contributed by atoms with E-state index in [1.807, 2.05) is 18.2 Å². The number of hydrogen-bond donors (Lipinski definition) is 1. The van der Waals surface area contributed by atoms with E-state index in [-0.39, 0.29) is 15.1 Å². The van der Waals surface area contributed by atoms with Crippen molar-refractivity contribution in [1.82, 2.24) is 14.2 Å². The Kier molecular flexibility index (Phi) is 6.20. The van der Waals surface area contributed by atoms with Crippen LogP contribution in [0.3, 0.4) is 0 Å². The normalized spacial score (nSPS) is 10.7. The highest BCUT2D eigenvalue weighted by atomic mass is 35.5. The van der Waals surface area contributed by atoms with Crippen LogP contribution in [0.4, 0.5) is 5.69 Å². The molecule has 0 saturated heterocycles. The van der Waals surface area contributed by atoms with Crippen molar-refractivity contribution >= 4 is 46.3 Å². The van der Waals surface area contributed by atoms with Crippen LogP contribution in [0.2, 0.25) is 9.36 Å². The lowest BCUT2D eigenvalue weighted by Crippen LogP contribution is -2.12. The number of rotatable bonds is 7. The molecule has 0 bridgehead atoms. The predicted octanol–water partition coefficient (Wildman–Crippen LogP) is 4.16. The van der Waals surface area contributed by atoms with Crippen molar-refractivity contribution in [3.63, 3.8) is 0 Å². The zero-order chi connectivity index (χ0) is 19.4. The number of carbonyl (C=O) groups is 1. The Bertz CT molecular complexity index is 958. The molecule has 0 fully saturated rings. The molecular weight excluding hydrogens is 411 g/mol. The van der Waals surface area contributed by atoms with E-state index in [0.717, 1.165) is 23.5 Å². The van der Waals surface area contributed by atoms with E-state index in [9.17, 15) is 4.79 Å². The van der Waals surface area contributed by atoms with Gasteiger partial charge in [-0.25, -0.2) is 0 Å². The number of aryl methyl sites for hydroxylation is 2. The lowest BCUT2D eigenvalue weighted by Gasteiger charge is -2.09. The molecule has 0 aliphatic rings. The summed E-state index contributed by atoms with van der Waals surface area (Å²) in [5.74, 6) is 0.941. The smallest absolute Gasteiger partial charge is 0.277 e. The highest BCUT2D eigenvalue weighted by Crippen LogP contribution is 2.30. The lowest BCUT2D eigenvalue weighted by atomic mass is 10.1. The number of nitrogens with one attached hydrogen (secondary N) is 1. The van der Waals surface area contributed by atoms with Gasteiger partial charge in [0.15, 0.2) is 17.2 Å². The molecule has 27 heavy (non-hydrogen) atoms. The summed E-state index contributed by atoms with van der Waals surface area (Å²) in [7, 11) is 3.20. The number of amides is 1. The molecule has 1 N–H and O–H groups in total. The van der Waals surface area contributed by atoms with Crippen molar-refractivity contribution in [1.29, 1.82) is 0 Å². The number of aromatic nitrogens is 3. The molecule has 0 spiro atoms. The molecule has 0 aliphatic heterocycles. The van der Waals surface area contributed by atoms with E-state index in [1.54, 1.807) is 31.3 Å². The molecule has 3 rings (SSSR count). The van der Waals surface area contributed by atoms with Gasteiger partial charge in [0.1, 0.15) is 9.36 Å². The Morgan fingerprint density at radius 2 is 2.04 bits per heavy atom. The summed E-state index contributed by atoms with van der Waals surface area (Å²) in [6, 6.07) is 5.77. The van der Waals surface area contributed by atoms with Gasteiger partial charge in [0.05, 0.1) is 26.1 Å². The Morgan fingerprint density at radius 3 is 2.70 bits per heavy atom. The molecule has 1 aromatic carbocycles. The molecule has 3 aromatic rings. The van der Waals surface area contributed by atoms with Gasteiger partial charge in [-0.3, -0.25) is 9.48 Å². The van der Waals surface area contributed by atoms with Gasteiger partial charge in [0.25, 0.3) is 5.91 Å². The third-order valence-corrected chi connectivity index (χ3v) is 5.39. The number of carbonyl (C=O) groups excluding carboxylic acids is 1. The van der Waals surface area contributed by atoms with E-state index in [1.165, 1.54) is 0 Å². The van der Waals surface area contributed by atoms with Crippen LogP contribution < -0.4 is 14.8 Å². The van der Waals surface area contributed by atoms with Crippen LogP contribution in [0, 0.1) is 0 Å². The summed E-state index contributed by atoms with van der Waals surface area (Å²) in [6.07, 6.45) is 4.04. The van der Waals surface area contributed by atoms with Gasteiger partial charge >= 0.3 is 0 Å². The summed E-state index contributed by atoms with van der Waals surface area (Å²) in [5.41, 5.74) is 1.73. The number of ether oxygens (including phenoxy) is 2. The molecule has 142 valence electrons. The molecule has 0 atom stereocenters. The fraction of sp³-hybridized carbons (Fsp3) is 0.235. The quantitative estimate of drug-likeness (QED) is 0.613. The third kappa shape index (κ3) is 4.52. The summed E-state index contributed by atoms with van der Waals surface area (Å²) < 4.78 is 16.5. The molecule has 10 heteroatoms. The average molecular weight is 427 g/mol. The maximum atomic E-state index is 12.2. The topological polar surface area (TPSA) is 78.3 Å². The van der Waals surface area contributed by atoms with Crippen molar-refractivity contribution < 1.29 is 14.3 Å². The molecule has 7 nitrogen and oxygen atoms in total. The van der Waals surface area contributed by atoms with Gasteiger partial charge in [0, 0.05) is 12.7 Å². The molecule has 2 aromatic heterocycles. The summed E-state index contributed by atoms with van der Waals surface area (Å²) in [4.78, 5) is 12.2. The van der Waals surface area contributed by atoms with Gasteiger partial charge in [-0.2, -0.15) is 9.47 Å². The fourth-order valence-electron chi connectivity index (χ4n) is 2.42. The highest BCUT2D eigenvalue weighted by molar-refractivity contribution is 7.11. The first-order valence-corrected chi connectivity index (χ1v) is 9.40. The number of hydrogen-bond acceptors (Lipinski definition) is 6. The minimum atomic E-state index is -0.428. The van der Waals surface area contributed by atoms with Gasteiger partial charge < -0.3 is 14.8 Å². The largest absolute Gasteiger partial charge is 0.493 e. The number of anilines is 1. The predicted molar refractivity (Wildman–Crippen MR) is 106 cm³/mol. The van der Waals surface area contributed by atoms with Crippen LogP contribution in [0.15, 0.2) is 30.6 Å². The monoisotopic (exact) mass is 426 g/mol. The first kappa shape index (κ1) is 19.5. The maximum absolute atomic E-state index is 12.2. The summed E-state index contributed by atoms with van der Waals surface area (Å²) >= 11 is 12.8. The third-order valence-electron chi connectivity index (χ3n) is 3.78. The first-order valence-electron chi connectivity index (χ1n) is 7.87. The molecule has 2 heterocycles. The highest BCUT2D eigenvalue weighted by Gasteiger charge is 2.18. The Labute approximate surface area is 170 Å². The molecular formula is C17H16Cl2N4O3S. The second-order valence-electron chi connectivity index (χ2n) is 5.50. The molecule has 0 aliphatic carbocycles. The van der Waals surface area contributed by atoms with Gasteiger partial charge in [-0.1, -0.05) is 29.3 Å². The van der Waals surface area contributed by atoms with Crippen molar-refractivity contribution in [2.45, 2.75) is 13.0 Å². The fourth-order valence-corrected chi connectivity index (χ4v) is 3.42. The standard InChI is InChI=1S/C17H16Cl2N4O3S/c1-25-12-4-3-10(7-13(12)26-2)5-6-23-9-11(8-20-23)21-17(24)15-14(18)16(19)27-22-15/h3-4,7-9H,5-6H2,1-2H3,(H,21,24). The van der Waals surface area contributed by atoms with Gasteiger partial charge in [0.2, 0.25) is 0 Å². The second-order valence-corrected chi connectivity index (χ2v) is 7.26. The minimum Gasteiger partial charge on any atom is -0.493 e. The zero-order valence-corrected chi connectivity index (χ0v) is 16.9. The number of benzene rings is 1. The summed E-state index contributed by atoms with van der Waals surface area (Å²) in [6.45, 7) is 0.634. The van der Waals surface area contributed by atoms with Crippen molar-refractivity contribution in [2.75, 3.05) is 19.5 Å². The SMILES string of the molecule is COc1ccc(CCn2cc(NC(=O)c3nsc(Cl)c3Cl)cn2)cc1OC. The molecule has 1 amide bonds. The van der Waals surface area contributed by atoms with Gasteiger partial charge in [-0.05, 0) is 35.6 Å². The number of methoxy groups -OCH3 is 2. The van der Waals surface area contributed by atoms with Crippen LogP contribution in [0.5, 0.6) is 11.5 Å². The van der Waals surface area contributed by atoms with Crippen LogP contribution in [-0.2, 0) is 13.0 Å². The molecule has 0 radical (unpaired) electrons. The van der Waals surface area contributed by atoms with Crippen LogP contribution >= 0.6 is 34.7 Å². The Morgan fingerprint density at radius 1 is 1.26 bits per heavy atom. The number of halogens is 2.